The van der Waals surface area contributed by atoms with Crippen LogP contribution in [0.5, 0.6) is 0 Å². The number of carbonyl (C=O) groups excluding carboxylic acids is 2. The monoisotopic (exact) mass is 308 g/mol. The lowest BCUT2D eigenvalue weighted by Crippen LogP contribution is -2.31. The fourth-order valence-corrected chi connectivity index (χ4v) is 2.62. The number of amides is 2. The highest BCUT2D eigenvalue weighted by atomic mass is 32.2. The summed E-state index contributed by atoms with van der Waals surface area (Å²) in [5.41, 5.74) is 0.434. The maximum Gasteiger partial charge on any atom is 0.293 e. The van der Waals surface area contributed by atoms with E-state index in [0.717, 1.165) is 16.7 Å². The summed E-state index contributed by atoms with van der Waals surface area (Å²) in [4.78, 5) is 35.3. The molecule has 0 aliphatic carbocycles. The Bertz CT molecular complexity index is 629. The van der Waals surface area contributed by atoms with Crippen molar-refractivity contribution in [2.75, 3.05) is 20.3 Å². The molecule has 1 aromatic rings. The number of ether oxygens (including phenoxy) is 1. The number of rotatable bonds is 5. The third kappa shape index (κ3) is 3.47. The van der Waals surface area contributed by atoms with Gasteiger partial charge in [0.1, 0.15) is 0 Å². The van der Waals surface area contributed by atoms with Crippen LogP contribution in [0.2, 0.25) is 0 Å². The Morgan fingerprint density at radius 3 is 2.86 bits per heavy atom. The molecule has 2 rings (SSSR count). The lowest BCUT2D eigenvalue weighted by Gasteiger charge is -2.10. The van der Waals surface area contributed by atoms with Crippen LogP contribution in [-0.2, 0) is 9.53 Å². The Labute approximate surface area is 124 Å². The summed E-state index contributed by atoms with van der Waals surface area (Å²) in [6.45, 7) is 0.454. The van der Waals surface area contributed by atoms with Gasteiger partial charge in [0.2, 0.25) is 0 Å². The first-order valence-electron chi connectivity index (χ1n) is 6.01. The first-order chi connectivity index (χ1) is 10.0. The molecular weight excluding hydrogens is 296 g/mol. The second kappa shape index (κ2) is 6.51. The standard InChI is InChI=1S/C13H12N2O5S/c1-20-6-5-14-12(16)11(21-13(14)17)8-9-3-2-4-10(7-9)15(18)19/h2-4,7-8H,5-6H2,1H3/b11-8+. The number of nitro groups is 1. The van der Waals surface area contributed by atoms with Crippen molar-refractivity contribution in [1.82, 2.24) is 4.90 Å². The van der Waals surface area contributed by atoms with Crippen molar-refractivity contribution in [3.63, 3.8) is 0 Å². The molecule has 1 aromatic carbocycles. The van der Waals surface area contributed by atoms with E-state index in [1.807, 2.05) is 0 Å². The molecule has 0 saturated carbocycles. The van der Waals surface area contributed by atoms with Crippen molar-refractivity contribution < 1.29 is 19.2 Å². The topological polar surface area (TPSA) is 89.8 Å². The molecule has 0 spiro atoms. The SMILES string of the molecule is COCCN1C(=O)S/C(=C/c2cccc([N+](=O)[O-])c2)C1=O. The quantitative estimate of drug-likeness (QED) is 0.471. The Hall–Kier alpha value is -2.19. The fraction of sp³-hybridized carbons (Fsp3) is 0.231. The maximum absolute atomic E-state index is 12.1. The number of nitro benzene ring substituents is 1. The van der Waals surface area contributed by atoms with Crippen LogP contribution in [-0.4, -0.2) is 41.2 Å². The molecule has 0 aromatic heterocycles. The van der Waals surface area contributed by atoms with Crippen LogP contribution in [0.4, 0.5) is 10.5 Å². The van der Waals surface area contributed by atoms with E-state index in [0.29, 0.717) is 5.56 Å². The van der Waals surface area contributed by atoms with Crippen molar-refractivity contribution >= 4 is 34.7 Å². The molecule has 1 saturated heterocycles. The number of benzene rings is 1. The Morgan fingerprint density at radius 1 is 1.43 bits per heavy atom. The van der Waals surface area contributed by atoms with Gasteiger partial charge in [0.25, 0.3) is 16.8 Å². The van der Waals surface area contributed by atoms with Crippen LogP contribution in [0.1, 0.15) is 5.56 Å². The van der Waals surface area contributed by atoms with Gasteiger partial charge in [0.05, 0.1) is 23.0 Å². The molecule has 21 heavy (non-hydrogen) atoms. The number of imide groups is 1. The smallest absolute Gasteiger partial charge is 0.293 e. The second-order valence-electron chi connectivity index (χ2n) is 4.18. The van der Waals surface area contributed by atoms with Gasteiger partial charge >= 0.3 is 0 Å². The fourth-order valence-electron chi connectivity index (χ4n) is 1.75. The summed E-state index contributed by atoms with van der Waals surface area (Å²) in [5, 5.41) is 10.3. The van der Waals surface area contributed by atoms with Crippen LogP contribution < -0.4 is 0 Å². The van der Waals surface area contributed by atoms with E-state index in [9.17, 15) is 19.7 Å². The third-order valence-corrected chi connectivity index (χ3v) is 3.68. The van der Waals surface area contributed by atoms with Crippen molar-refractivity contribution in [2.45, 2.75) is 0 Å². The Kier molecular flexibility index (Phi) is 4.71. The Balaban J connectivity index is 2.22. The summed E-state index contributed by atoms with van der Waals surface area (Å²) in [5.74, 6) is -0.409. The van der Waals surface area contributed by atoms with Gasteiger partial charge in [-0.1, -0.05) is 12.1 Å². The molecule has 1 aliphatic rings. The molecule has 0 unspecified atom stereocenters. The summed E-state index contributed by atoms with van der Waals surface area (Å²) in [6.07, 6.45) is 1.48. The molecule has 0 N–H and O–H groups in total. The van der Waals surface area contributed by atoms with E-state index in [1.165, 1.54) is 31.4 Å². The minimum absolute atomic E-state index is 0.0673. The highest BCUT2D eigenvalue weighted by Gasteiger charge is 2.34. The summed E-state index contributed by atoms with van der Waals surface area (Å²) < 4.78 is 4.85. The van der Waals surface area contributed by atoms with Crippen molar-refractivity contribution in [3.8, 4) is 0 Å². The average molecular weight is 308 g/mol. The molecule has 1 fully saturated rings. The number of non-ortho nitro benzene ring substituents is 1. The van der Waals surface area contributed by atoms with Gasteiger partial charge < -0.3 is 4.74 Å². The Morgan fingerprint density at radius 2 is 2.19 bits per heavy atom. The minimum Gasteiger partial charge on any atom is -0.383 e. The predicted octanol–water partition coefficient (Wildman–Crippen LogP) is 2.28. The van der Waals surface area contributed by atoms with Gasteiger partial charge in [-0.05, 0) is 23.4 Å². The summed E-state index contributed by atoms with van der Waals surface area (Å²) >= 11 is 0.814. The number of hydrogen-bond donors (Lipinski definition) is 0. The lowest BCUT2D eigenvalue weighted by molar-refractivity contribution is -0.384. The second-order valence-corrected chi connectivity index (χ2v) is 5.17. The molecule has 1 aliphatic heterocycles. The van der Waals surface area contributed by atoms with Gasteiger partial charge in [-0.15, -0.1) is 0 Å². The van der Waals surface area contributed by atoms with Gasteiger partial charge in [0.15, 0.2) is 0 Å². The zero-order valence-electron chi connectivity index (χ0n) is 11.1. The summed E-state index contributed by atoms with van der Waals surface area (Å²) in [7, 11) is 1.48. The molecule has 7 nitrogen and oxygen atoms in total. The normalized spacial score (nSPS) is 16.8. The van der Waals surface area contributed by atoms with Crippen LogP contribution in [0.3, 0.4) is 0 Å². The molecule has 2 amide bonds. The largest absolute Gasteiger partial charge is 0.383 e. The van der Waals surface area contributed by atoms with E-state index in [1.54, 1.807) is 6.07 Å². The minimum atomic E-state index is -0.512. The molecule has 0 atom stereocenters. The molecule has 0 radical (unpaired) electrons. The van der Waals surface area contributed by atoms with E-state index >= 15 is 0 Å². The highest BCUT2D eigenvalue weighted by molar-refractivity contribution is 8.18. The van der Waals surface area contributed by atoms with Gasteiger partial charge in [-0.3, -0.25) is 24.6 Å². The predicted molar refractivity (Wildman–Crippen MR) is 77.6 cm³/mol. The van der Waals surface area contributed by atoms with E-state index in [2.05, 4.69) is 0 Å². The first-order valence-corrected chi connectivity index (χ1v) is 6.83. The van der Waals surface area contributed by atoms with Gasteiger partial charge in [-0.25, -0.2) is 0 Å². The van der Waals surface area contributed by atoms with E-state index < -0.39 is 10.8 Å². The zero-order chi connectivity index (χ0) is 15.4. The average Bonchev–Trinajstić information content (AvgIpc) is 2.72. The van der Waals surface area contributed by atoms with Crippen molar-refractivity contribution in [1.29, 1.82) is 0 Å². The highest BCUT2D eigenvalue weighted by Crippen LogP contribution is 2.32. The van der Waals surface area contributed by atoms with Crippen molar-refractivity contribution in [3.05, 3.63) is 44.8 Å². The van der Waals surface area contributed by atoms with Crippen LogP contribution in [0.25, 0.3) is 6.08 Å². The van der Waals surface area contributed by atoms with Crippen LogP contribution >= 0.6 is 11.8 Å². The van der Waals surface area contributed by atoms with Crippen LogP contribution in [0.15, 0.2) is 29.2 Å². The number of hydrogen-bond acceptors (Lipinski definition) is 6. The zero-order valence-corrected chi connectivity index (χ0v) is 12.0. The lowest BCUT2D eigenvalue weighted by atomic mass is 10.2. The number of carbonyl (C=O) groups is 2. The number of thioether (sulfide) groups is 1. The molecule has 1 heterocycles. The first kappa shape index (κ1) is 15.2. The van der Waals surface area contributed by atoms with E-state index in [-0.39, 0.29) is 29.0 Å². The third-order valence-electron chi connectivity index (χ3n) is 2.77. The number of methoxy groups -OCH3 is 1. The molecular formula is C13H12N2O5S. The van der Waals surface area contributed by atoms with Crippen molar-refractivity contribution in [2.24, 2.45) is 0 Å². The van der Waals surface area contributed by atoms with Crippen LogP contribution in [0, 0.1) is 10.1 Å². The van der Waals surface area contributed by atoms with E-state index in [4.69, 9.17) is 4.74 Å². The summed E-state index contributed by atoms with van der Waals surface area (Å²) in [6, 6.07) is 5.88. The number of nitrogens with zero attached hydrogens (tertiary/aromatic N) is 2. The molecule has 8 heteroatoms. The molecule has 0 bridgehead atoms. The van der Waals surface area contributed by atoms with Gasteiger partial charge in [-0.2, -0.15) is 0 Å². The van der Waals surface area contributed by atoms with Gasteiger partial charge in [0, 0.05) is 19.2 Å². The maximum atomic E-state index is 12.1. The molecule has 110 valence electrons.